The maximum atomic E-state index is 13.5. The van der Waals surface area contributed by atoms with Gasteiger partial charge in [-0.25, -0.2) is 4.39 Å². The first kappa shape index (κ1) is 26.4. The third kappa shape index (κ3) is 6.93. The predicted molar refractivity (Wildman–Crippen MR) is 125 cm³/mol. The summed E-state index contributed by atoms with van der Waals surface area (Å²) in [6.07, 6.45) is -2.54. The Labute approximate surface area is 205 Å². The van der Waals surface area contributed by atoms with Crippen molar-refractivity contribution in [3.63, 3.8) is 0 Å². The van der Waals surface area contributed by atoms with Crippen molar-refractivity contribution in [1.29, 1.82) is 0 Å². The number of halogens is 5. The van der Waals surface area contributed by atoms with Gasteiger partial charge in [0.25, 0.3) is 0 Å². The average molecular weight is 510 g/mol. The van der Waals surface area contributed by atoms with Gasteiger partial charge in [0.1, 0.15) is 23.3 Å². The standard InChI is InChI=1S/C25H24ClF4N3O2/c1-31-24(34)23(16-5-8-18(27)9-6-16)33-20(17-7-10-19(26)21(13-17)35-2)11-3-15-4-12-22(32-14-15)25(28,29)30/h4-10,12-14,20,23,33H,3,11H2,1-2H3,(H,31,34)/t20-,23?/m1/s1. The molecule has 0 bridgehead atoms. The van der Waals surface area contributed by atoms with Crippen LogP contribution in [0.4, 0.5) is 17.6 Å². The fourth-order valence-electron chi connectivity index (χ4n) is 3.61. The molecule has 35 heavy (non-hydrogen) atoms. The van der Waals surface area contributed by atoms with Gasteiger partial charge in [-0.15, -0.1) is 0 Å². The largest absolute Gasteiger partial charge is 0.495 e. The van der Waals surface area contributed by atoms with Gasteiger partial charge in [0, 0.05) is 19.3 Å². The number of benzene rings is 2. The van der Waals surface area contributed by atoms with E-state index in [0.29, 0.717) is 34.7 Å². The minimum Gasteiger partial charge on any atom is -0.495 e. The van der Waals surface area contributed by atoms with E-state index in [4.69, 9.17) is 16.3 Å². The number of rotatable bonds is 9. The van der Waals surface area contributed by atoms with Crippen molar-refractivity contribution in [3.05, 3.63) is 94.0 Å². The maximum Gasteiger partial charge on any atom is 0.433 e. The first-order valence-corrected chi connectivity index (χ1v) is 11.1. The second kappa shape index (κ2) is 11.5. The first-order chi connectivity index (χ1) is 16.6. The second-order valence-corrected chi connectivity index (χ2v) is 8.21. The van der Waals surface area contributed by atoms with Crippen LogP contribution in [0.2, 0.25) is 5.02 Å². The molecule has 186 valence electrons. The molecule has 0 fully saturated rings. The summed E-state index contributed by atoms with van der Waals surface area (Å²) in [4.78, 5) is 16.2. The average Bonchev–Trinajstić information content (AvgIpc) is 2.84. The number of carbonyl (C=O) groups is 1. The molecule has 2 aromatic carbocycles. The summed E-state index contributed by atoms with van der Waals surface area (Å²) in [7, 11) is 2.97. The summed E-state index contributed by atoms with van der Waals surface area (Å²) >= 11 is 6.17. The van der Waals surface area contributed by atoms with Crippen molar-refractivity contribution in [3.8, 4) is 5.75 Å². The number of aromatic nitrogens is 1. The quantitative estimate of drug-likeness (QED) is 0.366. The Hall–Kier alpha value is -3.17. The van der Waals surface area contributed by atoms with E-state index < -0.39 is 29.8 Å². The zero-order valence-corrected chi connectivity index (χ0v) is 19.8. The molecule has 1 unspecified atom stereocenters. The van der Waals surface area contributed by atoms with Gasteiger partial charge in [0.15, 0.2) is 0 Å². The molecule has 1 amide bonds. The van der Waals surface area contributed by atoms with Crippen LogP contribution in [-0.2, 0) is 17.4 Å². The Morgan fingerprint density at radius 1 is 1.09 bits per heavy atom. The molecular weight excluding hydrogens is 486 g/mol. The lowest BCUT2D eigenvalue weighted by atomic mass is 9.96. The van der Waals surface area contributed by atoms with Crippen molar-refractivity contribution >= 4 is 17.5 Å². The number of nitrogens with zero attached hydrogens (tertiary/aromatic N) is 1. The third-order valence-electron chi connectivity index (χ3n) is 5.49. The van der Waals surface area contributed by atoms with Crippen LogP contribution in [0.1, 0.15) is 40.9 Å². The van der Waals surface area contributed by atoms with Crippen LogP contribution in [0.5, 0.6) is 5.75 Å². The van der Waals surface area contributed by atoms with Crippen molar-refractivity contribution in [1.82, 2.24) is 15.6 Å². The molecule has 3 rings (SSSR count). The van der Waals surface area contributed by atoms with Gasteiger partial charge in [-0.2, -0.15) is 13.2 Å². The maximum absolute atomic E-state index is 13.5. The minimum atomic E-state index is -4.52. The molecule has 2 N–H and O–H groups in total. The fraction of sp³-hybridized carbons (Fsp3) is 0.280. The molecule has 0 spiro atoms. The van der Waals surface area contributed by atoms with Crippen LogP contribution >= 0.6 is 11.6 Å². The highest BCUT2D eigenvalue weighted by Crippen LogP contribution is 2.32. The molecule has 1 aromatic heterocycles. The molecular formula is C25H24ClF4N3O2. The number of nitrogens with one attached hydrogen (secondary N) is 2. The predicted octanol–water partition coefficient (Wildman–Crippen LogP) is 5.65. The molecule has 5 nitrogen and oxygen atoms in total. The Bertz CT molecular complexity index is 1140. The number of methoxy groups -OCH3 is 1. The van der Waals surface area contributed by atoms with E-state index >= 15 is 0 Å². The lowest BCUT2D eigenvalue weighted by molar-refractivity contribution is -0.141. The molecule has 0 radical (unpaired) electrons. The van der Waals surface area contributed by atoms with E-state index in [0.717, 1.165) is 11.6 Å². The summed E-state index contributed by atoms with van der Waals surface area (Å²) in [5.41, 5.74) is 0.938. The van der Waals surface area contributed by atoms with Crippen LogP contribution in [-0.4, -0.2) is 25.0 Å². The molecule has 1 heterocycles. The fourth-order valence-corrected chi connectivity index (χ4v) is 3.81. The van der Waals surface area contributed by atoms with E-state index in [1.807, 2.05) is 0 Å². The van der Waals surface area contributed by atoms with Crippen molar-refractivity contribution in [2.24, 2.45) is 0 Å². The number of hydrogen-bond donors (Lipinski definition) is 2. The molecule has 0 saturated carbocycles. The van der Waals surface area contributed by atoms with E-state index in [1.54, 1.807) is 18.2 Å². The van der Waals surface area contributed by atoms with Gasteiger partial charge in [-0.05, 0) is 59.9 Å². The summed E-state index contributed by atoms with van der Waals surface area (Å²) in [5.74, 6) is -0.331. The van der Waals surface area contributed by atoms with E-state index in [2.05, 4.69) is 15.6 Å². The molecule has 2 atom stereocenters. The lowest BCUT2D eigenvalue weighted by Crippen LogP contribution is -2.38. The zero-order chi connectivity index (χ0) is 25.6. The zero-order valence-electron chi connectivity index (χ0n) is 19.0. The number of ether oxygens (including phenoxy) is 1. The van der Waals surface area contributed by atoms with E-state index in [1.165, 1.54) is 50.7 Å². The number of amides is 1. The summed E-state index contributed by atoms with van der Waals surface area (Å²) in [5, 5.41) is 6.31. The molecule has 0 saturated heterocycles. The smallest absolute Gasteiger partial charge is 0.433 e. The lowest BCUT2D eigenvalue weighted by Gasteiger charge is -2.26. The molecule has 3 aromatic rings. The van der Waals surface area contributed by atoms with E-state index in [-0.39, 0.29) is 5.91 Å². The molecule has 0 aliphatic heterocycles. The number of aryl methyl sites for hydroxylation is 1. The highest BCUT2D eigenvalue weighted by molar-refractivity contribution is 6.32. The number of carbonyl (C=O) groups excluding carboxylic acids is 1. The Morgan fingerprint density at radius 3 is 2.34 bits per heavy atom. The minimum absolute atomic E-state index is 0.335. The highest BCUT2D eigenvalue weighted by atomic mass is 35.5. The number of pyridine rings is 1. The van der Waals surface area contributed by atoms with Crippen LogP contribution in [0.25, 0.3) is 0 Å². The monoisotopic (exact) mass is 509 g/mol. The van der Waals surface area contributed by atoms with E-state index in [9.17, 15) is 22.4 Å². The van der Waals surface area contributed by atoms with Gasteiger partial charge < -0.3 is 10.1 Å². The summed E-state index contributed by atoms with van der Waals surface area (Å²) < 4.78 is 57.3. The van der Waals surface area contributed by atoms with Crippen LogP contribution < -0.4 is 15.4 Å². The van der Waals surface area contributed by atoms with Gasteiger partial charge in [0.2, 0.25) is 5.91 Å². The van der Waals surface area contributed by atoms with Gasteiger partial charge >= 0.3 is 6.18 Å². The van der Waals surface area contributed by atoms with Crippen molar-refractivity contribution < 1.29 is 27.1 Å². The normalized spacial score (nSPS) is 13.2. The molecule has 0 aliphatic carbocycles. The first-order valence-electron chi connectivity index (χ1n) is 10.7. The molecule has 0 aliphatic rings. The van der Waals surface area contributed by atoms with Crippen LogP contribution in [0.3, 0.4) is 0 Å². The Kier molecular flexibility index (Phi) is 8.69. The summed E-state index contributed by atoms with van der Waals surface area (Å²) in [6, 6.07) is 11.8. The third-order valence-corrected chi connectivity index (χ3v) is 5.81. The van der Waals surface area contributed by atoms with Crippen molar-refractivity contribution in [2.45, 2.75) is 31.1 Å². The van der Waals surface area contributed by atoms with Gasteiger partial charge in [-0.3, -0.25) is 15.1 Å². The number of likely N-dealkylation sites (N-methyl/N-ethyl adjacent to an activating group) is 1. The van der Waals surface area contributed by atoms with Crippen LogP contribution in [0, 0.1) is 5.82 Å². The topological polar surface area (TPSA) is 63.2 Å². The number of hydrogen-bond acceptors (Lipinski definition) is 4. The Morgan fingerprint density at radius 2 is 1.77 bits per heavy atom. The highest BCUT2D eigenvalue weighted by Gasteiger charge is 2.32. The number of alkyl halides is 3. The van der Waals surface area contributed by atoms with Gasteiger partial charge in [-0.1, -0.05) is 35.9 Å². The van der Waals surface area contributed by atoms with Crippen molar-refractivity contribution in [2.75, 3.05) is 14.2 Å². The van der Waals surface area contributed by atoms with Crippen LogP contribution in [0.15, 0.2) is 60.8 Å². The van der Waals surface area contributed by atoms with Gasteiger partial charge in [0.05, 0.1) is 12.1 Å². The SMILES string of the molecule is CNC(=O)C(N[C@H](CCc1ccc(C(F)(F)F)nc1)c1ccc(Cl)c(OC)c1)c1ccc(F)cc1. The second-order valence-electron chi connectivity index (χ2n) is 7.80. The molecule has 10 heteroatoms. The summed E-state index contributed by atoms with van der Waals surface area (Å²) in [6.45, 7) is 0. The Balaban J connectivity index is 1.91.